The van der Waals surface area contributed by atoms with Gasteiger partial charge in [0.1, 0.15) is 5.75 Å². The smallest absolute Gasteiger partial charge is 0.225 e. The van der Waals surface area contributed by atoms with Crippen LogP contribution in [0.1, 0.15) is 26.2 Å². The van der Waals surface area contributed by atoms with Crippen LogP contribution in [0.2, 0.25) is 0 Å². The maximum absolute atomic E-state index is 12.3. The number of carbonyl (C=O) groups excluding carboxylic acids is 1. The van der Waals surface area contributed by atoms with Gasteiger partial charge in [0.15, 0.2) is 0 Å². The van der Waals surface area contributed by atoms with Gasteiger partial charge in [0.2, 0.25) is 5.91 Å². The van der Waals surface area contributed by atoms with Crippen molar-refractivity contribution in [1.29, 1.82) is 0 Å². The van der Waals surface area contributed by atoms with Crippen molar-refractivity contribution < 1.29 is 9.53 Å². The molecule has 1 N–H and O–H groups in total. The summed E-state index contributed by atoms with van der Waals surface area (Å²) >= 11 is 0. The lowest BCUT2D eigenvalue weighted by molar-refractivity contribution is -0.132. The lowest BCUT2D eigenvalue weighted by Gasteiger charge is -2.29. The fraction of sp³-hybridized carbons (Fsp3) is 0.588. The van der Waals surface area contributed by atoms with Gasteiger partial charge >= 0.3 is 0 Å². The Morgan fingerprint density at radius 3 is 2.67 bits per heavy atom. The molecule has 0 radical (unpaired) electrons. The Hall–Kier alpha value is -1.55. The number of carbonyl (C=O) groups is 1. The number of piperidine rings is 1. The Labute approximate surface area is 127 Å². The van der Waals surface area contributed by atoms with E-state index in [9.17, 15) is 4.79 Å². The SMILES string of the molecule is CCN(CC1CCNCC1)C(=O)CCOc1ccccc1. The van der Waals surface area contributed by atoms with E-state index in [4.69, 9.17) is 4.74 Å². The summed E-state index contributed by atoms with van der Waals surface area (Å²) in [6.07, 6.45) is 2.79. The van der Waals surface area contributed by atoms with E-state index in [1.165, 1.54) is 12.8 Å². The Morgan fingerprint density at radius 1 is 1.29 bits per heavy atom. The number of nitrogens with zero attached hydrogens (tertiary/aromatic N) is 1. The van der Waals surface area contributed by atoms with Crippen molar-refractivity contribution in [3.8, 4) is 5.75 Å². The van der Waals surface area contributed by atoms with Gasteiger partial charge in [-0.1, -0.05) is 18.2 Å². The topological polar surface area (TPSA) is 41.6 Å². The second-order valence-corrected chi connectivity index (χ2v) is 5.54. The maximum Gasteiger partial charge on any atom is 0.225 e. The molecule has 21 heavy (non-hydrogen) atoms. The minimum atomic E-state index is 0.201. The van der Waals surface area contributed by atoms with Gasteiger partial charge in [-0.2, -0.15) is 0 Å². The normalized spacial score (nSPS) is 15.7. The molecule has 1 aliphatic rings. The lowest BCUT2D eigenvalue weighted by Crippen LogP contribution is -2.39. The molecular formula is C17H26N2O2. The molecule has 1 aliphatic heterocycles. The van der Waals surface area contributed by atoms with Crippen LogP contribution < -0.4 is 10.1 Å². The van der Waals surface area contributed by atoms with Gasteiger partial charge in [-0.3, -0.25) is 4.79 Å². The summed E-state index contributed by atoms with van der Waals surface area (Å²) in [4.78, 5) is 14.2. The first kappa shape index (κ1) is 15.8. The Kier molecular flexibility index (Phi) is 6.54. The van der Waals surface area contributed by atoms with Crippen LogP contribution in [-0.4, -0.2) is 43.6 Å². The first-order valence-electron chi connectivity index (χ1n) is 7.96. The zero-order valence-corrected chi connectivity index (χ0v) is 12.9. The molecule has 4 nitrogen and oxygen atoms in total. The number of hydrogen-bond donors (Lipinski definition) is 1. The van der Waals surface area contributed by atoms with E-state index in [1.807, 2.05) is 35.2 Å². The third-order valence-electron chi connectivity index (χ3n) is 4.00. The van der Waals surface area contributed by atoms with E-state index in [1.54, 1.807) is 0 Å². The molecule has 116 valence electrons. The van der Waals surface area contributed by atoms with Crippen LogP contribution >= 0.6 is 0 Å². The molecule has 0 bridgehead atoms. The third-order valence-corrected chi connectivity index (χ3v) is 4.00. The highest BCUT2D eigenvalue weighted by molar-refractivity contribution is 5.76. The largest absolute Gasteiger partial charge is 0.493 e. The minimum absolute atomic E-state index is 0.201. The predicted molar refractivity (Wildman–Crippen MR) is 84.4 cm³/mol. The summed E-state index contributed by atoms with van der Waals surface area (Å²) in [6, 6.07) is 9.66. The number of nitrogens with one attached hydrogen (secondary N) is 1. The van der Waals surface area contributed by atoms with Gasteiger partial charge in [-0.05, 0) is 50.9 Å². The molecule has 1 aromatic rings. The molecule has 0 aliphatic carbocycles. The summed E-state index contributed by atoms with van der Waals surface area (Å²) in [5.74, 6) is 1.67. The molecule has 1 saturated heterocycles. The summed E-state index contributed by atoms with van der Waals surface area (Å²) in [6.45, 7) is 6.33. The van der Waals surface area contributed by atoms with Crippen molar-refractivity contribution in [2.24, 2.45) is 5.92 Å². The van der Waals surface area contributed by atoms with E-state index in [-0.39, 0.29) is 5.91 Å². The number of para-hydroxylation sites is 1. The summed E-state index contributed by atoms with van der Waals surface area (Å²) in [5, 5.41) is 3.36. The molecule has 0 aromatic heterocycles. The third kappa shape index (κ3) is 5.38. The molecule has 0 spiro atoms. The minimum Gasteiger partial charge on any atom is -0.493 e. The number of amides is 1. The lowest BCUT2D eigenvalue weighted by atomic mass is 9.97. The standard InChI is InChI=1S/C17H26N2O2/c1-2-19(14-15-8-11-18-12-9-15)17(20)10-13-21-16-6-4-3-5-7-16/h3-7,15,18H,2,8-14H2,1H3. The van der Waals surface area contributed by atoms with Crippen molar-refractivity contribution in [3.05, 3.63) is 30.3 Å². The van der Waals surface area contributed by atoms with Crippen LogP contribution in [0.15, 0.2) is 30.3 Å². The fourth-order valence-corrected chi connectivity index (χ4v) is 2.71. The molecule has 1 amide bonds. The number of rotatable bonds is 7. The first-order chi connectivity index (χ1) is 10.3. The molecule has 1 aromatic carbocycles. The molecule has 1 fully saturated rings. The summed E-state index contributed by atoms with van der Waals surface area (Å²) in [5.41, 5.74) is 0. The van der Waals surface area contributed by atoms with E-state index in [0.29, 0.717) is 18.9 Å². The van der Waals surface area contributed by atoms with Gasteiger partial charge < -0.3 is 15.0 Å². The molecule has 0 saturated carbocycles. The maximum atomic E-state index is 12.3. The van der Waals surface area contributed by atoms with Crippen molar-refractivity contribution in [2.75, 3.05) is 32.8 Å². The van der Waals surface area contributed by atoms with Crippen LogP contribution in [0.3, 0.4) is 0 Å². The number of benzene rings is 1. The van der Waals surface area contributed by atoms with Crippen LogP contribution in [0.25, 0.3) is 0 Å². The monoisotopic (exact) mass is 290 g/mol. The van der Waals surface area contributed by atoms with Crippen LogP contribution in [0.5, 0.6) is 5.75 Å². The molecule has 2 rings (SSSR count). The van der Waals surface area contributed by atoms with Crippen molar-refractivity contribution in [3.63, 3.8) is 0 Å². The first-order valence-corrected chi connectivity index (χ1v) is 7.96. The molecular weight excluding hydrogens is 264 g/mol. The Bertz CT molecular complexity index is 416. The second kappa shape index (κ2) is 8.67. The zero-order valence-electron chi connectivity index (χ0n) is 12.9. The zero-order chi connectivity index (χ0) is 14.9. The average molecular weight is 290 g/mol. The van der Waals surface area contributed by atoms with Gasteiger partial charge in [0.25, 0.3) is 0 Å². The van der Waals surface area contributed by atoms with Crippen molar-refractivity contribution in [1.82, 2.24) is 10.2 Å². The number of ether oxygens (including phenoxy) is 1. The molecule has 0 atom stereocenters. The van der Waals surface area contributed by atoms with Crippen LogP contribution in [0.4, 0.5) is 0 Å². The summed E-state index contributed by atoms with van der Waals surface area (Å²) in [7, 11) is 0. The highest BCUT2D eigenvalue weighted by Crippen LogP contribution is 2.14. The van der Waals surface area contributed by atoms with Crippen LogP contribution in [0, 0.1) is 5.92 Å². The molecule has 0 unspecified atom stereocenters. The fourth-order valence-electron chi connectivity index (χ4n) is 2.71. The van der Waals surface area contributed by atoms with E-state index in [0.717, 1.165) is 31.9 Å². The highest BCUT2D eigenvalue weighted by atomic mass is 16.5. The van der Waals surface area contributed by atoms with Crippen molar-refractivity contribution >= 4 is 5.91 Å². The predicted octanol–water partition coefficient (Wildman–Crippen LogP) is 2.30. The Balaban J connectivity index is 1.72. The van der Waals surface area contributed by atoms with E-state index >= 15 is 0 Å². The van der Waals surface area contributed by atoms with E-state index in [2.05, 4.69) is 12.2 Å². The quantitative estimate of drug-likeness (QED) is 0.838. The number of hydrogen-bond acceptors (Lipinski definition) is 3. The van der Waals surface area contributed by atoms with E-state index < -0.39 is 0 Å². The van der Waals surface area contributed by atoms with Gasteiger partial charge in [-0.25, -0.2) is 0 Å². The highest BCUT2D eigenvalue weighted by Gasteiger charge is 2.19. The molecule has 1 heterocycles. The Morgan fingerprint density at radius 2 is 2.00 bits per heavy atom. The van der Waals surface area contributed by atoms with Gasteiger partial charge in [-0.15, -0.1) is 0 Å². The second-order valence-electron chi connectivity index (χ2n) is 5.54. The van der Waals surface area contributed by atoms with Gasteiger partial charge in [0.05, 0.1) is 13.0 Å². The average Bonchev–Trinajstić information content (AvgIpc) is 2.54. The van der Waals surface area contributed by atoms with Crippen LogP contribution in [-0.2, 0) is 4.79 Å². The van der Waals surface area contributed by atoms with Gasteiger partial charge in [0, 0.05) is 13.1 Å². The summed E-state index contributed by atoms with van der Waals surface area (Å²) < 4.78 is 5.60. The van der Waals surface area contributed by atoms with Crippen molar-refractivity contribution in [2.45, 2.75) is 26.2 Å². The molecule has 4 heteroatoms.